The van der Waals surface area contributed by atoms with Gasteiger partial charge in [0.2, 0.25) is 0 Å². The largest absolute Gasteiger partial charge is 0.490 e. The Morgan fingerprint density at radius 2 is 2.04 bits per heavy atom. The summed E-state index contributed by atoms with van der Waals surface area (Å²) in [6, 6.07) is 0. The number of morpholine rings is 1. The molecular weight excluding hydrogens is 339 g/mol. The highest BCUT2D eigenvalue weighted by Crippen LogP contribution is 2.42. The number of ether oxygens (including phenoxy) is 2. The Hall–Kier alpha value is -0.860. The fourth-order valence-corrected chi connectivity index (χ4v) is 3.71. The molecular formula is C17H28F3NO4. The minimum atomic E-state index is -5.08. The molecule has 1 saturated heterocycles. The first-order chi connectivity index (χ1) is 11.8. The Balaban J connectivity index is 0.000000277. The van der Waals surface area contributed by atoms with E-state index in [1.807, 2.05) is 0 Å². The third-order valence-corrected chi connectivity index (χ3v) is 5.16. The zero-order valence-corrected chi connectivity index (χ0v) is 14.7. The lowest BCUT2D eigenvalue weighted by Crippen LogP contribution is -2.55. The highest BCUT2D eigenvalue weighted by atomic mass is 19.4. The van der Waals surface area contributed by atoms with Crippen LogP contribution in [0.2, 0.25) is 0 Å². The Bertz CT molecular complexity index is 442. The maximum Gasteiger partial charge on any atom is 0.490 e. The van der Waals surface area contributed by atoms with Gasteiger partial charge in [-0.05, 0) is 38.5 Å². The Labute approximate surface area is 146 Å². The molecule has 0 aromatic carbocycles. The maximum atomic E-state index is 10.6. The normalized spacial score (nSPS) is 30.2. The van der Waals surface area contributed by atoms with E-state index in [1.54, 1.807) is 0 Å². The number of carbonyl (C=O) groups is 1. The molecule has 0 amide bonds. The standard InChI is InChI=1S/C15H27NO2.C2HF3O2/c1-2-17-11-14-4-3-7-15(14)12-16(8-9-18-15)10-13-5-6-13;3-2(4,5)1(6)7/h13-14H,2-12H2,1H3;(H,6,7)/t14-,15+;/m0./s1. The van der Waals surface area contributed by atoms with Gasteiger partial charge in [0.15, 0.2) is 0 Å². The van der Waals surface area contributed by atoms with E-state index in [4.69, 9.17) is 19.4 Å². The van der Waals surface area contributed by atoms with E-state index in [2.05, 4.69) is 11.8 Å². The number of aliphatic carboxylic acids is 1. The third-order valence-electron chi connectivity index (χ3n) is 5.16. The smallest absolute Gasteiger partial charge is 0.475 e. The minimum Gasteiger partial charge on any atom is -0.475 e. The topological polar surface area (TPSA) is 59.0 Å². The van der Waals surface area contributed by atoms with Gasteiger partial charge in [0.1, 0.15) is 0 Å². The molecule has 146 valence electrons. The van der Waals surface area contributed by atoms with Crippen molar-refractivity contribution in [3.8, 4) is 0 Å². The summed E-state index contributed by atoms with van der Waals surface area (Å²) in [6.45, 7) is 8.34. The first-order valence-electron chi connectivity index (χ1n) is 9.01. The second-order valence-corrected chi connectivity index (χ2v) is 7.14. The molecule has 8 heteroatoms. The number of alkyl halides is 3. The average Bonchev–Trinajstić information content (AvgIpc) is 3.27. The van der Waals surface area contributed by atoms with Crippen molar-refractivity contribution in [3.05, 3.63) is 0 Å². The van der Waals surface area contributed by atoms with Crippen molar-refractivity contribution >= 4 is 5.97 Å². The molecule has 1 heterocycles. The van der Waals surface area contributed by atoms with E-state index in [0.717, 1.165) is 38.8 Å². The van der Waals surface area contributed by atoms with Crippen LogP contribution >= 0.6 is 0 Å². The first kappa shape index (κ1) is 20.5. The van der Waals surface area contributed by atoms with E-state index >= 15 is 0 Å². The summed E-state index contributed by atoms with van der Waals surface area (Å²) in [5.41, 5.74) is 0.127. The van der Waals surface area contributed by atoms with Crippen molar-refractivity contribution in [2.75, 3.05) is 39.5 Å². The van der Waals surface area contributed by atoms with Crippen LogP contribution in [-0.2, 0) is 14.3 Å². The van der Waals surface area contributed by atoms with Crippen LogP contribution in [0.1, 0.15) is 39.0 Å². The molecule has 0 aromatic rings. The van der Waals surface area contributed by atoms with E-state index in [1.165, 1.54) is 38.6 Å². The van der Waals surface area contributed by atoms with Crippen LogP contribution in [0.4, 0.5) is 13.2 Å². The SMILES string of the molecule is CCOC[C@@H]1CCC[C@@]12CN(CC1CC1)CCO2.O=C(O)C(F)(F)F. The molecule has 0 bridgehead atoms. The van der Waals surface area contributed by atoms with E-state index in [-0.39, 0.29) is 5.60 Å². The van der Waals surface area contributed by atoms with Crippen molar-refractivity contribution in [3.63, 3.8) is 0 Å². The van der Waals surface area contributed by atoms with Crippen molar-refractivity contribution in [2.24, 2.45) is 11.8 Å². The Kier molecular flexibility index (Phi) is 7.10. The predicted molar refractivity (Wildman–Crippen MR) is 85.4 cm³/mol. The quantitative estimate of drug-likeness (QED) is 0.810. The van der Waals surface area contributed by atoms with Crippen LogP contribution in [0.3, 0.4) is 0 Å². The van der Waals surface area contributed by atoms with Crippen molar-refractivity contribution < 1.29 is 32.5 Å². The summed E-state index contributed by atoms with van der Waals surface area (Å²) < 4.78 is 43.7. The number of hydrogen-bond acceptors (Lipinski definition) is 4. The highest BCUT2D eigenvalue weighted by molar-refractivity contribution is 5.73. The Morgan fingerprint density at radius 3 is 2.60 bits per heavy atom. The molecule has 2 atom stereocenters. The molecule has 3 aliphatic rings. The zero-order chi connectivity index (χ0) is 18.5. The third kappa shape index (κ3) is 6.11. The van der Waals surface area contributed by atoms with Gasteiger partial charge in [0, 0.05) is 32.2 Å². The van der Waals surface area contributed by atoms with E-state index in [0.29, 0.717) is 5.92 Å². The van der Waals surface area contributed by atoms with Crippen LogP contribution in [0.15, 0.2) is 0 Å². The maximum absolute atomic E-state index is 10.6. The van der Waals surface area contributed by atoms with Gasteiger partial charge in [-0.3, -0.25) is 4.90 Å². The van der Waals surface area contributed by atoms with E-state index in [9.17, 15) is 13.2 Å². The van der Waals surface area contributed by atoms with Crippen molar-refractivity contribution in [1.82, 2.24) is 4.90 Å². The summed E-state index contributed by atoms with van der Waals surface area (Å²) in [5, 5.41) is 7.12. The summed E-state index contributed by atoms with van der Waals surface area (Å²) in [5.74, 6) is -1.14. The van der Waals surface area contributed by atoms with Crippen molar-refractivity contribution in [2.45, 2.75) is 50.8 Å². The number of hydrogen-bond donors (Lipinski definition) is 1. The molecule has 3 rings (SSSR count). The summed E-state index contributed by atoms with van der Waals surface area (Å²) in [6.07, 6.45) is 1.66. The lowest BCUT2D eigenvalue weighted by molar-refractivity contribution is -0.192. The predicted octanol–water partition coefficient (Wildman–Crippen LogP) is 2.94. The highest BCUT2D eigenvalue weighted by Gasteiger charge is 2.47. The van der Waals surface area contributed by atoms with Gasteiger partial charge in [-0.15, -0.1) is 0 Å². The van der Waals surface area contributed by atoms with Gasteiger partial charge in [-0.1, -0.05) is 6.42 Å². The molecule has 2 saturated carbocycles. The molecule has 1 spiro atoms. The first-order valence-corrected chi connectivity index (χ1v) is 9.01. The monoisotopic (exact) mass is 367 g/mol. The van der Waals surface area contributed by atoms with Gasteiger partial charge >= 0.3 is 12.1 Å². The molecule has 25 heavy (non-hydrogen) atoms. The zero-order valence-electron chi connectivity index (χ0n) is 14.7. The van der Waals surface area contributed by atoms with Crippen LogP contribution in [0, 0.1) is 11.8 Å². The van der Waals surface area contributed by atoms with Crippen molar-refractivity contribution in [1.29, 1.82) is 0 Å². The molecule has 3 fully saturated rings. The molecule has 1 aliphatic heterocycles. The minimum absolute atomic E-state index is 0.127. The summed E-state index contributed by atoms with van der Waals surface area (Å²) in [7, 11) is 0. The van der Waals surface area contributed by atoms with Crippen LogP contribution < -0.4 is 0 Å². The average molecular weight is 367 g/mol. The van der Waals surface area contributed by atoms with E-state index < -0.39 is 12.1 Å². The molecule has 5 nitrogen and oxygen atoms in total. The molecule has 0 unspecified atom stereocenters. The van der Waals surface area contributed by atoms with Gasteiger partial charge in [-0.25, -0.2) is 4.79 Å². The lowest BCUT2D eigenvalue weighted by Gasteiger charge is -2.44. The molecule has 0 aromatic heterocycles. The number of carboxylic acids is 1. The lowest BCUT2D eigenvalue weighted by atomic mass is 9.89. The molecule has 2 aliphatic carbocycles. The van der Waals surface area contributed by atoms with Crippen LogP contribution in [0.5, 0.6) is 0 Å². The number of carboxylic acid groups (broad SMARTS) is 1. The number of nitrogens with zero attached hydrogens (tertiary/aromatic N) is 1. The van der Waals surface area contributed by atoms with Gasteiger partial charge < -0.3 is 14.6 Å². The fraction of sp³-hybridized carbons (Fsp3) is 0.941. The van der Waals surface area contributed by atoms with Crippen LogP contribution in [0.25, 0.3) is 0 Å². The molecule has 1 N–H and O–H groups in total. The fourth-order valence-electron chi connectivity index (χ4n) is 3.71. The van der Waals surface area contributed by atoms with Gasteiger partial charge in [0.05, 0.1) is 18.8 Å². The second-order valence-electron chi connectivity index (χ2n) is 7.14. The summed E-state index contributed by atoms with van der Waals surface area (Å²) in [4.78, 5) is 11.6. The number of rotatable bonds is 5. The van der Waals surface area contributed by atoms with Crippen LogP contribution in [-0.4, -0.2) is 67.2 Å². The molecule has 0 radical (unpaired) electrons. The van der Waals surface area contributed by atoms with Gasteiger partial charge in [-0.2, -0.15) is 13.2 Å². The second kappa shape index (κ2) is 8.68. The Morgan fingerprint density at radius 1 is 1.36 bits per heavy atom. The summed E-state index contributed by atoms with van der Waals surface area (Å²) >= 11 is 0. The van der Waals surface area contributed by atoms with Gasteiger partial charge in [0.25, 0.3) is 0 Å². The number of halogens is 3.